The minimum Gasteiger partial charge on any atom is -0.497 e. The zero-order valence-electron chi connectivity index (χ0n) is 10.0. The van der Waals surface area contributed by atoms with Gasteiger partial charge in [-0.15, -0.1) is 0 Å². The Morgan fingerprint density at radius 3 is 2.71 bits per heavy atom. The van der Waals surface area contributed by atoms with Crippen LogP contribution in [0.2, 0.25) is 0 Å². The highest BCUT2D eigenvalue weighted by atomic mass is 16.5. The number of aryl methyl sites for hydroxylation is 1. The number of rotatable bonds is 2. The van der Waals surface area contributed by atoms with Gasteiger partial charge >= 0.3 is 0 Å². The number of aromatic nitrogens is 2. The summed E-state index contributed by atoms with van der Waals surface area (Å²) in [4.78, 5) is 8.95. The number of nitrogens with two attached hydrogens (primary N) is 1. The van der Waals surface area contributed by atoms with Crippen molar-refractivity contribution in [2.75, 3.05) is 7.11 Å². The fourth-order valence-corrected chi connectivity index (χ4v) is 2.10. The van der Waals surface area contributed by atoms with Crippen molar-refractivity contribution in [3.63, 3.8) is 0 Å². The third-order valence-electron chi connectivity index (χ3n) is 3.27. The van der Waals surface area contributed by atoms with Gasteiger partial charge in [-0.2, -0.15) is 0 Å². The van der Waals surface area contributed by atoms with Gasteiger partial charge in [-0.3, -0.25) is 0 Å². The Kier molecular flexibility index (Phi) is 2.10. The molecule has 3 rings (SSSR count). The molecule has 1 aromatic heterocycles. The molecule has 0 bridgehead atoms. The number of benzene rings is 1. The van der Waals surface area contributed by atoms with Crippen LogP contribution in [0.5, 0.6) is 5.75 Å². The zero-order chi connectivity index (χ0) is 12.0. The lowest BCUT2D eigenvalue weighted by Gasteiger charge is -2.13. The van der Waals surface area contributed by atoms with Crippen molar-refractivity contribution in [3.8, 4) is 5.75 Å². The topological polar surface area (TPSA) is 61.0 Å². The molecule has 1 aliphatic carbocycles. The third kappa shape index (κ3) is 1.65. The average molecular weight is 229 g/mol. The molecule has 0 amide bonds. The van der Waals surface area contributed by atoms with E-state index in [1.165, 1.54) is 0 Å². The quantitative estimate of drug-likeness (QED) is 0.854. The maximum atomic E-state index is 6.26. The Labute approximate surface area is 99.8 Å². The van der Waals surface area contributed by atoms with E-state index in [9.17, 15) is 0 Å². The summed E-state index contributed by atoms with van der Waals surface area (Å²) < 4.78 is 5.24. The van der Waals surface area contributed by atoms with Crippen LogP contribution in [0.25, 0.3) is 10.9 Å². The molecule has 1 aromatic carbocycles. The summed E-state index contributed by atoms with van der Waals surface area (Å²) in [5, 5.41) is 1.01. The van der Waals surface area contributed by atoms with E-state index in [1.54, 1.807) is 7.11 Å². The van der Waals surface area contributed by atoms with Gasteiger partial charge in [0.25, 0.3) is 0 Å². The van der Waals surface area contributed by atoms with Crippen LogP contribution in [-0.2, 0) is 5.54 Å². The van der Waals surface area contributed by atoms with Crippen molar-refractivity contribution >= 4 is 10.9 Å². The molecule has 1 aliphatic rings. The van der Waals surface area contributed by atoms with Gasteiger partial charge in [0, 0.05) is 5.39 Å². The van der Waals surface area contributed by atoms with Gasteiger partial charge in [0.15, 0.2) is 0 Å². The molecule has 88 valence electrons. The molecule has 4 heteroatoms. The lowest BCUT2D eigenvalue weighted by atomic mass is 10.1. The lowest BCUT2D eigenvalue weighted by Crippen LogP contribution is -2.21. The molecule has 2 aromatic rings. The molecule has 17 heavy (non-hydrogen) atoms. The largest absolute Gasteiger partial charge is 0.497 e. The molecule has 0 atom stereocenters. The zero-order valence-corrected chi connectivity index (χ0v) is 10.0. The first-order valence-electron chi connectivity index (χ1n) is 5.74. The Balaban J connectivity index is 2.31. The number of hydrogen-bond donors (Lipinski definition) is 1. The standard InChI is InChI=1S/C13H15N3O/c1-8-15-11-4-3-9(17-2)7-10(11)12(16-8)13(14)5-6-13/h3-4,7H,5-6,14H2,1-2H3. The van der Waals surface area contributed by atoms with Crippen molar-refractivity contribution in [1.29, 1.82) is 0 Å². The average Bonchev–Trinajstić information content (AvgIpc) is 3.07. The fourth-order valence-electron chi connectivity index (χ4n) is 2.10. The van der Waals surface area contributed by atoms with Crippen LogP contribution < -0.4 is 10.5 Å². The number of ether oxygens (including phenoxy) is 1. The summed E-state index contributed by atoms with van der Waals surface area (Å²) in [6.07, 6.45) is 1.99. The van der Waals surface area contributed by atoms with E-state index < -0.39 is 0 Å². The molecule has 4 nitrogen and oxygen atoms in total. The van der Waals surface area contributed by atoms with E-state index in [0.29, 0.717) is 0 Å². The normalized spacial score (nSPS) is 17.1. The maximum absolute atomic E-state index is 6.26. The Bertz CT molecular complexity index is 590. The van der Waals surface area contributed by atoms with E-state index in [0.717, 1.165) is 41.0 Å². The highest BCUT2D eigenvalue weighted by Gasteiger charge is 2.43. The summed E-state index contributed by atoms with van der Waals surface area (Å²) in [5.41, 5.74) is 7.90. The molecule has 2 N–H and O–H groups in total. The second-order valence-electron chi connectivity index (χ2n) is 4.66. The van der Waals surface area contributed by atoms with Gasteiger partial charge in [-0.1, -0.05) is 0 Å². The minimum absolute atomic E-state index is 0.252. The van der Waals surface area contributed by atoms with Gasteiger partial charge in [-0.25, -0.2) is 9.97 Å². The van der Waals surface area contributed by atoms with Crippen LogP contribution in [0.15, 0.2) is 18.2 Å². The molecule has 0 spiro atoms. The van der Waals surface area contributed by atoms with Gasteiger partial charge in [0.1, 0.15) is 11.6 Å². The van der Waals surface area contributed by atoms with E-state index in [4.69, 9.17) is 10.5 Å². The van der Waals surface area contributed by atoms with Gasteiger partial charge in [-0.05, 0) is 38.0 Å². The van der Waals surface area contributed by atoms with E-state index in [-0.39, 0.29) is 5.54 Å². The predicted molar refractivity (Wildman–Crippen MR) is 65.9 cm³/mol. The van der Waals surface area contributed by atoms with Crippen LogP contribution in [0, 0.1) is 6.92 Å². The first kappa shape index (κ1) is 10.5. The molecule has 0 unspecified atom stereocenters. The Morgan fingerprint density at radius 2 is 2.06 bits per heavy atom. The Hall–Kier alpha value is -1.68. The smallest absolute Gasteiger partial charge is 0.126 e. The van der Waals surface area contributed by atoms with Crippen LogP contribution in [-0.4, -0.2) is 17.1 Å². The molecule has 1 heterocycles. The van der Waals surface area contributed by atoms with Gasteiger partial charge < -0.3 is 10.5 Å². The summed E-state index contributed by atoms with van der Waals surface area (Å²) in [6.45, 7) is 1.90. The van der Waals surface area contributed by atoms with Gasteiger partial charge in [0.2, 0.25) is 0 Å². The number of hydrogen-bond acceptors (Lipinski definition) is 4. The maximum Gasteiger partial charge on any atom is 0.126 e. The first-order valence-corrected chi connectivity index (χ1v) is 5.74. The van der Waals surface area contributed by atoms with E-state index in [2.05, 4.69) is 9.97 Å². The molecule has 1 fully saturated rings. The number of methoxy groups -OCH3 is 1. The van der Waals surface area contributed by atoms with Crippen molar-refractivity contribution in [2.24, 2.45) is 5.73 Å². The molecular weight excluding hydrogens is 214 g/mol. The van der Waals surface area contributed by atoms with Crippen LogP contribution in [0.3, 0.4) is 0 Å². The fraction of sp³-hybridized carbons (Fsp3) is 0.385. The van der Waals surface area contributed by atoms with Crippen LogP contribution in [0.4, 0.5) is 0 Å². The minimum atomic E-state index is -0.252. The highest BCUT2D eigenvalue weighted by molar-refractivity contribution is 5.83. The lowest BCUT2D eigenvalue weighted by molar-refractivity contribution is 0.415. The first-order chi connectivity index (χ1) is 8.12. The van der Waals surface area contributed by atoms with Crippen molar-refractivity contribution < 1.29 is 4.74 Å². The molecule has 0 saturated heterocycles. The molecule has 1 saturated carbocycles. The van der Waals surface area contributed by atoms with Crippen LogP contribution >= 0.6 is 0 Å². The summed E-state index contributed by atoms with van der Waals surface area (Å²) in [6, 6.07) is 5.84. The number of fused-ring (bicyclic) bond motifs is 1. The van der Waals surface area contributed by atoms with Crippen molar-refractivity contribution in [3.05, 3.63) is 29.7 Å². The third-order valence-corrected chi connectivity index (χ3v) is 3.27. The predicted octanol–water partition coefficient (Wildman–Crippen LogP) is 1.89. The van der Waals surface area contributed by atoms with E-state index in [1.807, 2.05) is 25.1 Å². The second kappa shape index (κ2) is 3.40. The molecule has 0 radical (unpaired) electrons. The van der Waals surface area contributed by atoms with Crippen molar-refractivity contribution in [2.45, 2.75) is 25.3 Å². The summed E-state index contributed by atoms with van der Waals surface area (Å²) in [5.74, 6) is 1.59. The monoisotopic (exact) mass is 229 g/mol. The number of nitrogens with zero attached hydrogens (tertiary/aromatic N) is 2. The van der Waals surface area contributed by atoms with Crippen LogP contribution in [0.1, 0.15) is 24.4 Å². The summed E-state index contributed by atoms with van der Waals surface area (Å²) >= 11 is 0. The molecule has 0 aliphatic heterocycles. The van der Waals surface area contributed by atoms with Crippen molar-refractivity contribution in [1.82, 2.24) is 9.97 Å². The second-order valence-corrected chi connectivity index (χ2v) is 4.66. The van der Waals surface area contributed by atoms with Gasteiger partial charge in [0.05, 0.1) is 23.9 Å². The highest BCUT2D eigenvalue weighted by Crippen LogP contribution is 2.44. The summed E-state index contributed by atoms with van der Waals surface area (Å²) in [7, 11) is 1.66. The SMILES string of the molecule is COc1ccc2nc(C)nc(C3(N)CC3)c2c1. The Morgan fingerprint density at radius 1 is 1.29 bits per heavy atom. The van der Waals surface area contributed by atoms with E-state index >= 15 is 0 Å². The molecular formula is C13H15N3O.